The predicted molar refractivity (Wildman–Crippen MR) is 89.8 cm³/mol. The summed E-state index contributed by atoms with van der Waals surface area (Å²) in [6.07, 6.45) is 0. The molecule has 2 aromatic heterocycles. The number of rotatable bonds is 6. The summed E-state index contributed by atoms with van der Waals surface area (Å²) in [4.78, 5) is 11.9. The van der Waals surface area contributed by atoms with Gasteiger partial charge in [0.05, 0.1) is 17.1 Å². The Morgan fingerprint density at radius 2 is 2.09 bits per heavy atom. The number of hydrogen-bond acceptors (Lipinski definition) is 6. The number of nitrogens with zero attached hydrogens (tertiary/aromatic N) is 4. The fraction of sp³-hybridized carbons (Fsp3) is 0.538. The van der Waals surface area contributed by atoms with E-state index in [9.17, 15) is 4.79 Å². The van der Waals surface area contributed by atoms with Crippen LogP contribution in [0.1, 0.15) is 23.3 Å². The number of hydrogen-bond donors (Lipinski definition) is 2. The molecular weight excluding hydrogens is 320 g/mol. The largest absolute Gasteiger partial charge is 0.337 e. The topological polar surface area (TPSA) is 84.7 Å². The highest BCUT2D eigenvalue weighted by Crippen LogP contribution is 2.21. The molecule has 2 N–H and O–H groups in total. The van der Waals surface area contributed by atoms with E-state index < -0.39 is 0 Å². The van der Waals surface area contributed by atoms with Gasteiger partial charge in [0.2, 0.25) is 0 Å². The van der Waals surface area contributed by atoms with Crippen LogP contribution in [0.5, 0.6) is 0 Å². The zero-order valence-corrected chi connectivity index (χ0v) is 14.8. The minimum Gasteiger partial charge on any atom is -0.337 e. The van der Waals surface area contributed by atoms with Gasteiger partial charge in [-0.05, 0) is 27.7 Å². The van der Waals surface area contributed by atoms with Crippen molar-refractivity contribution in [3.63, 3.8) is 0 Å². The molecule has 0 aromatic carbocycles. The molecule has 0 aliphatic rings. The fourth-order valence-corrected chi connectivity index (χ4v) is 3.72. The van der Waals surface area contributed by atoms with Crippen LogP contribution in [0.3, 0.4) is 0 Å². The van der Waals surface area contributed by atoms with Gasteiger partial charge in [0.1, 0.15) is 5.01 Å². The number of carbonyl (C=O) groups excluding carboxylic acids is 1. The number of nitrogens with one attached hydrogen (secondary N) is 2. The van der Waals surface area contributed by atoms with Gasteiger partial charge in [0, 0.05) is 18.8 Å². The molecule has 2 rings (SSSR count). The molecule has 0 saturated heterocycles. The SMILES string of the molecule is CCn1nc(C)c(NC(=O)NCCSc2nnc(C)s2)c1C. The highest BCUT2D eigenvalue weighted by Gasteiger charge is 2.13. The number of carbonyl (C=O) groups is 1. The quantitative estimate of drug-likeness (QED) is 0.624. The molecule has 2 heterocycles. The van der Waals surface area contributed by atoms with E-state index in [2.05, 4.69) is 25.9 Å². The number of anilines is 1. The van der Waals surface area contributed by atoms with E-state index >= 15 is 0 Å². The van der Waals surface area contributed by atoms with E-state index in [1.165, 1.54) is 0 Å². The van der Waals surface area contributed by atoms with Crippen molar-refractivity contribution < 1.29 is 4.79 Å². The summed E-state index contributed by atoms with van der Waals surface area (Å²) in [5, 5.41) is 19.0. The molecule has 7 nitrogen and oxygen atoms in total. The van der Waals surface area contributed by atoms with Crippen LogP contribution < -0.4 is 10.6 Å². The fourth-order valence-electron chi connectivity index (χ4n) is 1.98. The summed E-state index contributed by atoms with van der Waals surface area (Å²) in [6.45, 7) is 9.14. The minimum absolute atomic E-state index is 0.212. The van der Waals surface area contributed by atoms with Gasteiger partial charge in [0.25, 0.3) is 0 Å². The average molecular weight is 340 g/mol. The van der Waals surface area contributed by atoms with Crippen LogP contribution >= 0.6 is 23.1 Å². The van der Waals surface area contributed by atoms with Gasteiger partial charge in [-0.2, -0.15) is 5.10 Å². The number of amides is 2. The summed E-state index contributed by atoms with van der Waals surface area (Å²) in [5.74, 6) is 0.758. The molecule has 0 fully saturated rings. The number of aromatic nitrogens is 4. The van der Waals surface area contributed by atoms with Gasteiger partial charge < -0.3 is 10.6 Å². The van der Waals surface area contributed by atoms with Crippen LogP contribution in [0.25, 0.3) is 0 Å². The smallest absolute Gasteiger partial charge is 0.319 e. The van der Waals surface area contributed by atoms with Crippen LogP contribution in [0.15, 0.2) is 4.34 Å². The Morgan fingerprint density at radius 1 is 1.32 bits per heavy atom. The lowest BCUT2D eigenvalue weighted by molar-refractivity contribution is 0.252. The molecule has 0 saturated carbocycles. The van der Waals surface area contributed by atoms with Crippen molar-refractivity contribution >= 4 is 34.8 Å². The van der Waals surface area contributed by atoms with Gasteiger partial charge in [-0.3, -0.25) is 4.68 Å². The molecule has 2 amide bonds. The van der Waals surface area contributed by atoms with Crippen molar-refractivity contribution in [2.75, 3.05) is 17.6 Å². The van der Waals surface area contributed by atoms with Crippen molar-refractivity contribution in [1.82, 2.24) is 25.3 Å². The molecule has 0 aliphatic heterocycles. The maximum Gasteiger partial charge on any atom is 0.319 e. The Labute approximate surface area is 137 Å². The number of urea groups is 1. The van der Waals surface area contributed by atoms with Gasteiger partial charge in [-0.1, -0.05) is 23.1 Å². The molecule has 0 radical (unpaired) electrons. The normalized spacial score (nSPS) is 10.7. The Balaban J connectivity index is 1.77. The molecule has 0 spiro atoms. The van der Waals surface area contributed by atoms with Crippen molar-refractivity contribution in [3.05, 3.63) is 16.4 Å². The average Bonchev–Trinajstić information content (AvgIpc) is 3.01. The third-order valence-corrected chi connectivity index (χ3v) is 5.01. The first-order valence-corrected chi connectivity index (χ1v) is 8.83. The van der Waals surface area contributed by atoms with E-state index in [0.717, 1.165) is 38.7 Å². The second-order valence-corrected chi connectivity index (χ2v) is 7.20. The van der Waals surface area contributed by atoms with Crippen molar-refractivity contribution in [1.29, 1.82) is 0 Å². The predicted octanol–water partition coefficient (Wildman–Crippen LogP) is 2.59. The van der Waals surface area contributed by atoms with Crippen molar-refractivity contribution in [2.45, 2.75) is 38.6 Å². The van der Waals surface area contributed by atoms with E-state index in [1.54, 1.807) is 23.1 Å². The van der Waals surface area contributed by atoms with Gasteiger partial charge >= 0.3 is 6.03 Å². The van der Waals surface area contributed by atoms with Crippen molar-refractivity contribution in [2.24, 2.45) is 0 Å². The van der Waals surface area contributed by atoms with Crippen LogP contribution in [0.2, 0.25) is 0 Å². The monoisotopic (exact) mass is 340 g/mol. The summed E-state index contributed by atoms with van der Waals surface area (Å²) in [7, 11) is 0. The minimum atomic E-state index is -0.212. The summed E-state index contributed by atoms with van der Waals surface area (Å²) in [6, 6.07) is -0.212. The first-order chi connectivity index (χ1) is 10.5. The van der Waals surface area contributed by atoms with E-state index in [0.29, 0.717) is 6.54 Å². The van der Waals surface area contributed by atoms with Crippen LogP contribution in [-0.2, 0) is 6.54 Å². The Kier molecular flexibility index (Phi) is 5.78. The van der Waals surface area contributed by atoms with Crippen LogP contribution in [0, 0.1) is 20.8 Å². The standard InChI is InChI=1S/C13H20N6OS2/c1-5-19-9(3)11(8(2)18-19)15-12(20)14-6-7-21-13-17-16-10(4)22-13/h5-7H2,1-4H3,(H2,14,15,20). The third-order valence-electron chi connectivity index (χ3n) is 3.04. The molecule has 9 heteroatoms. The van der Waals surface area contributed by atoms with Crippen LogP contribution in [-0.4, -0.2) is 38.3 Å². The molecule has 0 bridgehead atoms. The Hall–Kier alpha value is -1.61. The second-order valence-electron chi connectivity index (χ2n) is 4.68. The van der Waals surface area contributed by atoms with Crippen molar-refractivity contribution in [3.8, 4) is 0 Å². The lowest BCUT2D eigenvalue weighted by atomic mass is 10.3. The summed E-state index contributed by atoms with van der Waals surface area (Å²) < 4.78 is 2.80. The molecular formula is C13H20N6OS2. The second kappa shape index (κ2) is 7.59. The molecule has 120 valence electrons. The van der Waals surface area contributed by atoms with Gasteiger partial charge in [0.15, 0.2) is 4.34 Å². The molecule has 0 unspecified atom stereocenters. The van der Waals surface area contributed by atoms with Crippen LogP contribution in [0.4, 0.5) is 10.5 Å². The lowest BCUT2D eigenvalue weighted by Crippen LogP contribution is -2.30. The molecule has 0 aliphatic carbocycles. The van der Waals surface area contributed by atoms with E-state index in [-0.39, 0.29) is 6.03 Å². The molecule has 2 aromatic rings. The maximum atomic E-state index is 11.9. The number of aryl methyl sites for hydroxylation is 3. The third kappa shape index (κ3) is 4.20. The first kappa shape index (κ1) is 16.8. The zero-order valence-electron chi connectivity index (χ0n) is 13.1. The highest BCUT2D eigenvalue weighted by molar-refractivity contribution is 8.01. The summed E-state index contributed by atoms with van der Waals surface area (Å²) >= 11 is 3.15. The first-order valence-electron chi connectivity index (χ1n) is 7.03. The zero-order chi connectivity index (χ0) is 16.1. The Bertz CT molecular complexity index is 651. The van der Waals surface area contributed by atoms with Gasteiger partial charge in [-0.15, -0.1) is 10.2 Å². The lowest BCUT2D eigenvalue weighted by Gasteiger charge is -2.07. The van der Waals surface area contributed by atoms with E-state index in [4.69, 9.17) is 0 Å². The molecule has 22 heavy (non-hydrogen) atoms. The Morgan fingerprint density at radius 3 is 2.68 bits per heavy atom. The van der Waals surface area contributed by atoms with E-state index in [1.807, 2.05) is 32.4 Å². The van der Waals surface area contributed by atoms with Gasteiger partial charge in [-0.25, -0.2) is 4.79 Å². The highest BCUT2D eigenvalue weighted by atomic mass is 32.2. The molecule has 0 atom stereocenters. The maximum absolute atomic E-state index is 11.9. The number of thioether (sulfide) groups is 1. The summed E-state index contributed by atoms with van der Waals surface area (Å²) in [5.41, 5.74) is 2.58.